The van der Waals surface area contributed by atoms with E-state index in [1.54, 1.807) is 0 Å². The van der Waals surface area contributed by atoms with Crippen molar-refractivity contribution in [2.75, 3.05) is 0 Å². The summed E-state index contributed by atoms with van der Waals surface area (Å²) in [6.45, 7) is 2.21. The van der Waals surface area contributed by atoms with E-state index in [-0.39, 0.29) is 16.5 Å². The van der Waals surface area contributed by atoms with Gasteiger partial charge in [0.1, 0.15) is 0 Å². The van der Waals surface area contributed by atoms with Crippen molar-refractivity contribution in [1.29, 1.82) is 0 Å². The molecule has 1 atom stereocenters. The first-order valence-corrected chi connectivity index (χ1v) is 5.19. The van der Waals surface area contributed by atoms with E-state index in [0.29, 0.717) is 0 Å². The average Bonchev–Trinajstić information content (AvgIpc) is 2.08. The normalized spacial score (nSPS) is 7.23. The molecule has 5 heteroatoms. The Labute approximate surface area is 96.6 Å². The van der Waals surface area contributed by atoms with E-state index in [9.17, 15) is 0 Å². The van der Waals surface area contributed by atoms with Gasteiger partial charge < -0.3 is 0 Å². The SMILES string of the molecule is BBBCC.Pc1ccccc1.[Ni]. The first-order chi connectivity index (χ1) is 5.81. The molecule has 0 aromatic heterocycles. The molecular weight excluding hydrogens is 218 g/mol. The summed E-state index contributed by atoms with van der Waals surface area (Å²) in [5.41, 5.74) is 0. The number of benzene rings is 1. The zero-order chi connectivity index (χ0) is 9.23. The summed E-state index contributed by atoms with van der Waals surface area (Å²) in [7, 11) is 7.57. The zero-order valence-corrected chi connectivity index (χ0v) is 10.5. The second-order valence-electron chi connectivity index (χ2n) is 2.76. The maximum absolute atomic E-state index is 2.63. The minimum atomic E-state index is 0. The monoisotopic (exact) mass is 234 g/mol. The van der Waals surface area contributed by atoms with Crippen LogP contribution in [0, 0.1) is 0 Å². The van der Waals surface area contributed by atoms with Gasteiger partial charge in [-0.1, -0.05) is 43.6 Å². The Morgan fingerprint density at radius 2 is 1.85 bits per heavy atom. The standard InChI is InChI=1S/C6H7P.C2H9B3.Ni/c7-6-4-2-1-3-5-6;1-2-4-5-3;/h1-5H,7H2;4-5H,2-3H2,1H3;. The average molecular weight is 234 g/mol. The van der Waals surface area contributed by atoms with Gasteiger partial charge in [-0.25, -0.2) is 0 Å². The molecule has 0 nitrogen and oxygen atoms in total. The molecule has 0 amide bonds. The molecule has 0 aliphatic heterocycles. The maximum atomic E-state index is 2.63. The van der Waals surface area contributed by atoms with Crippen molar-refractivity contribution < 1.29 is 16.5 Å². The van der Waals surface area contributed by atoms with Crippen molar-refractivity contribution in [3.05, 3.63) is 30.3 Å². The summed E-state index contributed by atoms with van der Waals surface area (Å²) in [6, 6.07) is 10.1. The molecule has 1 rings (SSSR count). The van der Waals surface area contributed by atoms with Gasteiger partial charge in [-0.15, -0.1) is 9.24 Å². The molecule has 0 aliphatic rings. The minimum absolute atomic E-state index is 0. The van der Waals surface area contributed by atoms with Crippen LogP contribution in [0.5, 0.6) is 0 Å². The number of hydrogen-bond donors (Lipinski definition) is 0. The van der Waals surface area contributed by atoms with Crippen LogP contribution < -0.4 is 5.30 Å². The Balaban J connectivity index is 0. The van der Waals surface area contributed by atoms with Crippen molar-refractivity contribution >= 4 is 36.5 Å². The van der Waals surface area contributed by atoms with Crippen LogP contribution in [0.3, 0.4) is 0 Å². The van der Waals surface area contributed by atoms with Gasteiger partial charge in [-0.05, 0) is 5.30 Å². The Kier molecular flexibility index (Phi) is 15.0. The molecule has 1 aromatic carbocycles. The molecule has 0 radical (unpaired) electrons. The molecule has 0 spiro atoms. The van der Waals surface area contributed by atoms with Gasteiger partial charge in [0.15, 0.2) is 0 Å². The van der Waals surface area contributed by atoms with Gasteiger partial charge in [-0.2, -0.15) is 0 Å². The molecule has 0 fully saturated rings. The van der Waals surface area contributed by atoms with Crippen molar-refractivity contribution in [1.82, 2.24) is 0 Å². The summed E-state index contributed by atoms with van der Waals surface area (Å²) in [5.74, 6) is 0. The summed E-state index contributed by atoms with van der Waals surface area (Å²) in [4.78, 5) is 0. The van der Waals surface area contributed by atoms with Gasteiger partial charge in [0.25, 0.3) is 0 Å². The second kappa shape index (κ2) is 12.3. The molecule has 0 N–H and O–H groups in total. The molecule has 0 heterocycles. The maximum Gasteiger partial charge on any atom is 0.0776 e. The van der Waals surface area contributed by atoms with E-state index < -0.39 is 0 Å². The van der Waals surface area contributed by atoms with Crippen LogP contribution in [0.4, 0.5) is 0 Å². The smallest absolute Gasteiger partial charge is 0.0776 e. The molecule has 0 saturated heterocycles. The molecule has 1 aromatic rings. The Morgan fingerprint density at radius 1 is 1.31 bits per heavy atom. The largest absolute Gasteiger partial charge is 0.106 e. The fourth-order valence-electron chi connectivity index (χ4n) is 0.807. The Hall–Kier alpha value is 0.338. The van der Waals surface area contributed by atoms with Crippen molar-refractivity contribution in [2.45, 2.75) is 13.2 Å². The molecule has 1 unspecified atom stereocenters. The zero-order valence-electron chi connectivity index (χ0n) is 8.40. The number of hydrogen-bond acceptors (Lipinski definition) is 0. The van der Waals surface area contributed by atoms with Crippen LogP contribution in [-0.2, 0) is 16.5 Å². The third kappa shape index (κ3) is 12.3. The minimum Gasteiger partial charge on any atom is -0.106 e. The summed E-state index contributed by atoms with van der Waals surface area (Å²) in [6.07, 6.45) is 1.34. The topological polar surface area (TPSA) is 0 Å². The summed E-state index contributed by atoms with van der Waals surface area (Å²) < 4.78 is 0. The number of rotatable bonds is 2. The van der Waals surface area contributed by atoms with Crippen LogP contribution in [0.1, 0.15) is 6.92 Å². The molecule has 0 bridgehead atoms. The summed E-state index contributed by atoms with van der Waals surface area (Å²) in [5, 5.41) is 1.24. The molecule has 72 valence electrons. The molecule has 0 saturated carbocycles. The van der Waals surface area contributed by atoms with Crippen LogP contribution >= 0.6 is 9.24 Å². The van der Waals surface area contributed by atoms with E-state index in [2.05, 4.69) is 23.9 Å². The van der Waals surface area contributed by atoms with Crippen molar-refractivity contribution in [3.63, 3.8) is 0 Å². The van der Waals surface area contributed by atoms with Crippen LogP contribution in [0.2, 0.25) is 6.32 Å². The second-order valence-corrected chi connectivity index (χ2v) is 3.43. The van der Waals surface area contributed by atoms with E-state index in [0.717, 1.165) is 0 Å². The molecule has 0 aliphatic carbocycles. The van der Waals surface area contributed by atoms with Crippen LogP contribution in [0.25, 0.3) is 0 Å². The van der Waals surface area contributed by atoms with Crippen molar-refractivity contribution in [2.24, 2.45) is 0 Å². The third-order valence-corrected chi connectivity index (χ3v) is 1.89. The quantitative estimate of drug-likeness (QED) is 0.497. The summed E-state index contributed by atoms with van der Waals surface area (Å²) >= 11 is 0. The first-order valence-electron chi connectivity index (χ1n) is 4.61. The van der Waals surface area contributed by atoms with Crippen LogP contribution in [-0.4, -0.2) is 22.0 Å². The van der Waals surface area contributed by atoms with Gasteiger partial charge >= 0.3 is 0 Å². The predicted octanol–water partition coefficient (Wildman–Crippen LogP) is -0.0548. The van der Waals surface area contributed by atoms with E-state index in [1.807, 2.05) is 30.3 Å². The van der Waals surface area contributed by atoms with E-state index in [1.165, 1.54) is 25.9 Å². The predicted molar refractivity (Wildman–Crippen MR) is 69.1 cm³/mol. The van der Waals surface area contributed by atoms with Crippen LogP contribution in [0.15, 0.2) is 30.3 Å². The fraction of sp³-hybridized carbons (Fsp3) is 0.250. The Morgan fingerprint density at radius 3 is 2.00 bits per heavy atom. The van der Waals surface area contributed by atoms with E-state index in [4.69, 9.17) is 0 Å². The van der Waals surface area contributed by atoms with Gasteiger partial charge in [0.05, 0.1) is 22.0 Å². The molecular formula is C8H16B3NiP. The molecule has 13 heavy (non-hydrogen) atoms. The van der Waals surface area contributed by atoms with Gasteiger partial charge in [0.2, 0.25) is 0 Å². The third-order valence-electron chi connectivity index (χ3n) is 1.51. The van der Waals surface area contributed by atoms with Gasteiger partial charge in [-0.3, -0.25) is 0 Å². The Bertz CT molecular complexity index is 182. The fourth-order valence-corrected chi connectivity index (χ4v) is 1.03. The first kappa shape index (κ1) is 15.8. The van der Waals surface area contributed by atoms with Gasteiger partial charge in [0, 0.05) is 16.5 Å². The van der Waals surface area contributed by atoms with E-state index >= 15 is 0 Å². The van der Waals surface area contributed by atoms with Crippen molar-refractivity contribution in [3.8, 4) is 0 Å².